The number of nitrogens with zero attached hydrogens (tertiary/aromatic N) is 3. The Morgan fingerprint density at radius 2 is 2.06 bits per heavy atom. The van der Waals surface area contributed by atoms with Crippen molar-refractivity contribution in [1.29, 1.82) is 0 Å². The number of benzene rings is 1. The van der Waals surface area contributed by atoms with E-state index in [1.54, 1.807) is 12.5 Å². The van der Waals surface area contributed by atoms with E-state index < -0.39 is 0 Å². The summed E-state index contributed by atoms with van der Waals surface area (Å²) >= 11 is 5.18. The summed E-state index contributed by atoms with van der Waals surface area (Å²) in [6.07, 6.45) is 3.35. The van der Waals surface area contributed by atoms with Gasteiger partial charge in [0.05, 0.1) is 23.6 Å². The molecule has 2 aromatic heterocycles. The molecule has 0 fully saturated rings. The fraction of sp³-hybridized carbons (Fsp3) is 0.154. The fourth-order valence-corrected chi connectivity index (χ4v) is 2.12. The minimum Gasteiger partial charge on any atom is -0.330 e. The molecule has 4 nitrogen and oxygen atoms in total. The maximum absolute atomic E-state index is 5.18. The first-order valence-electron chi connectivity index (χ1n) is 5.66. The van der Waals surface area contributed by atoms with Crippen molar-refractivity contribution in [3.05, 3.63) is 46.5 Å². The summed E-state index contributed by atoms with van der Waals surface area (Å²) in [5.74, 6) is 0. The zero-order valence-corrected chi connectivity index (χ0v) is 11.0. The van der Waals surface area contributed by atoms with Crippen molar-refractivity contribution in [1.82, 2.24) is 19.7 Å². The van der Waals surface area contributed by atoms with Gasteiger partial charge in [0.15, 0.2) is 0 Å². The molecule has 0 atom stereocenters. The van der Waals surface area contributed by atoms with E-state index in [1.165, 1.54) is 11.1 Å². The van der Waals surface area contributed by atoms with Crippen molar-refractivity contribution in [2.45, 2.75) is 13.8 Å². The van der Waals surface area contributed by atoms with Gasteiger partial charge in [0, 0.05) is 0 Å². The molecule has 1 N–H and O–H groups in total. The van der Waals surface area contributed by atoms with Crippen LogP contribution in [0.15, 0.2) is 30.7 Å². The van der Waals surface area contributed by atoms with E-state index in [9.17, 15) is 0 Å². The molecule has 0 bridgehead atoms. The normalized spacial score (nSPS) is 11.0. The summed E-state index contributed by atoms with van der Waals surface area (Å²) in [5, 5.41) is 5.24. The zero-order chi connectivity index (χ0) is 12.7. The Kier molecular flexibility index (Phi) is 2.48. The van der Waals surface area contributed by atoms with Crippen LogP contribution in [0.5, 0.6) is 0 Å². The molecule has 1 aromatic carbocycles. The summed E-state index contributed by atoms with van der Waals surface area (Å²) in [7, 11) is 0. The van der Waals surface area contributed by atoms with Crippen LogP contribution in [0.4, 0.5) is 0 Å². The van der Waals surface area contributed by atoms with Gasteiger partial charge in [-0.15, -0.1) is 0 Å². The first-order chi connectivity index (χ1) is 8.66. The molecular formula is C13H12N4S. The number of hydrogen-bond acceptors (Lipinski definition) is 3. The molecule has 0 amide bonds. The molecule has 3 rings (SSSR count). The van der Waals surface area contributed by atoms with Crippen LogP contribution in [-0.4, -0.2) is 19.7 Å². The van der Waals surface area contributed by atoms with E-state index in [2.05, 4.69) is 41.0 Å². The Labute approximate surface area is 109 Å². The molecule has 90 valence electrons. The topological polar surface area (TPSA) is 46.5 Å². The Morgan fingerprint density at radius 3 is 2.83 bits per heavy atom. The van der Waals surface area contributed by atoms with E-state index in [0.717, 1.165) is 16.7 Å². The highest BCUT2D eigenvalue weighted by Gasteiger charge is 2.07. The smallest absolute Gasteiger partial charge is 0.145 e. The van der Waals surface area contributed by atoms with Gasteiger partial charge in [-0.05, 0) is 37.1 Å². The van der Waals surface area contributed by atoms with Crippen molar-refractivity contribution < 1.29 is 0 Å². The third-order valence-corrected chi connectivity index (χ3v) is 3.44. The summed E-state index contributed by atoms with van der Waals surface area (Å²) in [5.41, 5.74) is 4.40. The van der Waals surface area contributed by atoms with Gasteiger partial charge < -0.3 is 4.98 Å². The van der Waals surface area contributed by atoms with Crippen LogP contribution in [0.1, 0.15) is 11.1 Å². The molecular weight excluding hydrogens is 244 g/mol. The monoisotopic (exact) mass is 256 g/mol. The number of hydrogen-bond donors (Lipinski definition) is 1. The van der Waals surface area contributed by atoms with Crippen molar-refractivity contribution in [2.75, 3.05) is 0 Å². The SMILES string of the molecule is Cc1ccc(-n2ncc3c(=S)nc[nH]c32)cc1C. The fourth-order valence-electron chi connectivity index (χ4n) is 1.92. The second-order valence-electron chi connectivity index (χ2n) is 4.29. The van der Waals surface area contributed by atoms with Crippen molar-refractivity contribution in [3.63, 3.8) is 0 Å². The van der Waals surface area contributed by atoms with Crippen LogP contribution < -0.4 is 0 Å². The lowest BCUT2D eigenvalue weighted by molar-refractivity contribution is 0.892. The summed E-state index contributed by atoms with van der Waals surface area (Å²) in [6, 6.07) is 6.25. The molecule has 0 aliphatic heterocycles. The van der Waals surface area contributed by atoms with Crippen LogP contribution in [0.2, 0.25) is 0 Å². The van der Waals surface area contributed by atoms with Crippen molar-refractivity contribution in [3.8, 4) is 5.69 Å². The standard InChI is InChI=1S/C13H12N4S/c1-8-3-4-10(5-9(8)2)17-12-11(6-16-17)13(18)15-7-14-12/h3-7H,1-2H3,(H,14,15,18). The van der Waals surface area contributed by atoms with Gasteiger partial charge in [0.2, 0.25) is 0 Å². The minimum atomic E-state index is 0.568. The zero-order valence-electron chi connectivity index (χ0n) is 10.1. The Balaban J connectivity index is 2.29. The van der Waals surface area contributed by atoms with Gasteiger partial charge >= 0.3 is 0 Å². The molecule has 0 unspecified atom stereocenters. The van der Waals surface area contributed by atoms with Crippen LogP contribution >= 0.6 is 12.2 Å². The average molecular weight is 256 g/mol. The Morgan fingerprint density at radius 1 is 1.22 bits per heavy atom. The number of nitrogens with one attached hydrogen (secondary N) is 1. The first-order valence-corrected chi connectivity index (χ1v) is 6.06. The molecule has 3 aromatic rings. The molecule has 5 heteroatoms. The molecule has 0 aliphatic rings. The molecule has 0 spiro atoms. The molecule has 18 heavy (non-hydrogen) atoms. The predicted octanol–water partition coefficient (Wildman–Crippen LogP) is 3.09. The van der Waals surface area contributed by atoms with Gasteiger partial charge in [-0.3, -0.25) is 0 Å². The van der Waals surface area contributed by atoms with Crippen LogP contribution in [0, 0.1) is 18.5 Å². The van der Waals surface area contributed by atoms with Crippen molar-refractivity contribution in [2.24, 2.45) is 0 Å². The second-order valence-corrected chi connectivity index (χ2v) is 4.68. The van der Waals surface area contributed by atoms with E-state index in [4.69, 9.17) is 12.2 Å². The van der Waals surface area contributed by atoms with Gasteiger partial charge in [0.1, 0.15) is 10.3 Å². The van der Waals surface area contributed by atoms with Gasteiger partial charge in [-0.25, -0.2) is 9.67 Å². The Hall–Kier alpha value is -2.01. The van der Waals surface area contributed by atoms with Crippen LogP contribution in [0.3, 0.4) is 0 Å². The lowest BCUT2D eigenvalue weighted by Crippen LogP contribution is -1.98. The largest absolute Gasteiger partial charge is 0.330 e. The number of aryl methyl sites for hydroxylation is 2. The van der Waals surface area contributed by atoms with Crippen LogP contribution in [0.25, 0.3) is 16.7 Å². The van der Waals surface area contributed by atoms with E-state index in [-0.39, 0.29) is 0 Å². The van der Waals surface area contributed by atoms with E-state index in [1.807, 2.05) is 10.7 Å². The third-order valence-electron chi connectivity index (χ3n) is 3.12. The van der Waals surface area contributed by atoms with Crippen LogP contribution in [-0.2, 0) is 0 Å². The summed E-state index contributed by atoms with van der Waals surface area (Å²) in [4.78, 5) is 7.15. The minimum absolute atomic E-state index is 0.568. The molecule has 0 radical (unpaired) electrons. The highest BCUT2D eigenvalue weighted by Crippen LogP contribution is 2.18. The summed E-state index contributed by atoms with van der Waals surface area (Å²) in [6.45, 7) is 4.19. The second kappa shape index (κ2) is 4.03. The Bertz CT molecular complexity index is 785. The molecule has 2 heterocycles. The highest BCUT2D eigenvalue weighted by atomic mass is 32.1. The number of fused-ring (bicyclic) bond motifs is 1. The lowest BCUT2D eigenvalue weighted by atomic mass is 10.1. The van der Waals surface area contributed by atoms with Gasteiger partial charge in [-0.1, -0.05) is 18.3 Å². The summed E-state index contributed by atoms with van der Waals surface area (Å²) < 4.78 is 2.41. The lowest BCUT2D eigenvalue weighted by Gasteiger charge is -2.06. The van der Waals surface area contributed by atoms with E-state index in [0.29, 0.717) is 4.64 Å². The number of aromatic nitrogens is 4. The maximum atomic E-state index is 5.18. The first kappa shape index (κ1) is 11.1. The quantitative estimate of drug-likeness (QED) is 0.680. The van der Waals surface area contributed by atoms with E-state index >= 15 is 0 Å². The number of aromatic amines is 1. The molecule has 0 saturated carbocycles. The predicted molar refractivity (Wildman–Crippen MR) is 73.5 cm³/mol. The number of rotatable bonds is 1. The highest BCUT2D eigenvalue weighted by molar-refractivity contribution is 7.71. The van der Waals surface area contributed by atoms with Gasteiger partial charge in [-0.2, -0.15) is 5.10 Å². The molecule has 0 aliphatic carbocycles. The average Bonchev–Trinajstić information content (AvgIpc) is 2.78. The molecule has 0 saturated heterocycles. The third kappa shape index (κ3) is 1.64. The van der Waals surface area contributed by atoms with Gasteiger partial charge in [0.25, 0.3) is 0 Å². The number of H-pyrrole nitrogens is 1. The maximum Gasteiger partial charge on any atom is 0.145 e. The van der Waals surface area contributed by atoms with Crippen molar-refractivity contribution >= 4 is 23.3 Å².